The number of amides is 2. The lowest BCUT2D eigenvalue weighted by atomic mass is 10.1. The number of carbonyl (C=O) groups excluding carboxylic acids is 3. The molecule has 1 aliphatic heterocycles. The third-order valence-corrected chi connectivity index (χ3v) is 4.38. The number of rotatable bonds is 6. The maximum Gasteiger partial charge on any atom is 0.419 e. The molecule has 2 aromatic carbocycles. The van der Waals surface area contributed by atoms with E-state index in [1.54, 1.807) is 12.1 Å². The van der Waals surface area contributed by atoms with Crippen LogP contribution in [0.1, 0.15) is 16.7 Å². The molecular weight excluding hydrogens is 433 g/mol. The molecule has 3 N–H and O–H groups in total. The molecule has 3 rings (SSSR count). The summed E-state index contributed by atoms with van der Waals surface area (Å²) < 4.78 is 55.2. The minimum absolute atomic E-state index is 0.105. The van der Waals surface area contributed by atoms with Crippen LogP contribution in [0.2, 0.25) is 0 Å². The average molecular weight is 450 g/mol. The molecule has 1 fully saturated rings. The van der Waals surface area contributed by atoms with Gasteiger partial charge in [0.05, 0.1) is 12.7 Å². The number of benzene rings is 2. The van der Waals surface area contributed by atoms with Crippen LogP contribution in [0, 0.1) is 0 Å². The number of halogens is 3. The average Bonchev–Trinajstić information content (AvgIpc) is 3.05. The molecule has 168 valence electrons. The Hall–Kier alpha value is -3.86. The number of hydrogen-bond donors (Lipinski definition) is 2. The van der Waals surface area contributed by atoms with Gasteiger partial charge in [0.15, 0.2) is 5.76 Å². The minimum Gasteiger partial charge on any atom is -0.468 e. The zero-order chi connectivity index (χ0) is 23.5. The summed E-state index contributed by atoms with van der Waals surface area (Å²) in [6, 6.07) is 8.57. The smallest absolute Gasteiger partial charge is 0.419 e. The van der Waals surface area contributed by atoms with Crippen molar-refractivity contribution in [2.24, 2.45) is 5.73 Å². The van der Waals surface area contributed by atoms with E-state index in [9.17, 15) is 27.6 Å². The number of cyclic esters (lactones) is 1. The van der Waals surface area contributed by atoms with Crippen molar-refractivity contribution in [3.63, 3.8) is 0 Å². The SMILES string of the molecule is COC(=O)C(N)Cc1ccc(Oc2ccc(/C=C3/OC(=O)NC3=O)c(C(F)(F)F)c2)cc1. The third-order valence-electron chi connectivity index (χ3n) is 4.38. The summed E-state index contributed by atoms with van der Waals surface area (Å²) in [5.41, 5.74) is 4.94. The molecule has 11 heteroatoms. The fourth-order valence-corrected chi connectivity index (χ4v) is 2.85. The molecule has 1 unspecified atom stereocenters. The highest BCUT2D eigenvalue weighted by Crippen LogP contribution is 2.36. The highest BCUT2D eigenvalue weighted by molar-refractivity contribution is 6.09. The van der Waals surface area contributed by atoms with Crippen molar-refractivity contribution in [1.82, 2.24) is 5.32 Å². The van der Waals surface area contributed by atoms with Crippen LogP contribution in [0.25, 0.3) is 6.08 Å². The summed E-state index contributed by atoms with van der Waals surface area (Å²) in [7, 11) is 1.23. The normalized spacial score (nSPS) is 15.8. The summed E-state index contributed by atoms with van der Waals surface area (Å²) in [6.07, 6.45) is -4.79. The predicted octanol–water partition coefficient (Wildman–Crippen LogP) is 3.15. The van der Waals surface area contributed by atoms with Crippen molar-refractivity contribution in [2.75, 3.05) is 7.11 Å². The van der Waals surface area contributed by atoms with Crippen molar-refractivity contribution < 1.29 is 41.8 Å². The van der Waals surface area contributed by atoms with Gasteiger partial charge in [-0.1, -0.05) is 18.2 Å². The number of imide groups is 1. The summed E-state index contributed by atoms with van der Waals surface area (Å²) in [4.78, 5) is 34.0. The molecule has 1 atom stereocenters. The van der Waals surface area contributed by atoms with Gasteiger partial charge < -0.3 is 19.9 Å². The predicted molar refractivity (Wildman–Crippen MR) is 104 cm³/mol. The number of esters is 1. The number of alkyl carbamates (subject to hydrolysis) is 1. The molecule has 0 radical (unpaired) electrons. The Morgan fingerprint density at radius 3 is 2.38 bits per heavy atom. The fourth-order valence-electron chi connectivity index (χ4n) is 2.85. The van der Waals surface area contributed by atoms with E-state index in [2.05, 4.69) is 9.47 Å². The highest BCUT2D eigenvalue weighted by atomic mass is 19.4. The molecule has 1 heterocycles. The zero-order valence-electron chi connectivity index (χ0n) is 16.6. The van der Waals surface area contributed by atoms with E-state index >= 15 is 0 Å². The van der Waals surface area contributed by atoms with Crippen LogP contribution in [0.3, 0.4) is 0 Å². The van der Waals surface area contributed by atoms with Gasteiger partial charge in [0.2, 0.25) is 0 Å². The van der Waals surface area contributed by atoms with E-state index in [-0.39, 0.29) is 23.5 Å². The zero-order valence-corrected chi connectivity index (χ0v) is 16.6. The van der Waals surface area contributed by atoms with Gasteiger partial charge in [0.1, 0.15) is 17.5 Å². The van der Waals surface area contributed by atoms with Gasteiger partial charge >= 0.3 is 18.2 Å². The van der Waals surface area contributed by atoms with E-state index < -0.39 is 41.5 Å². The van der Waals surface area contributed by atoms with Gasteiger partial charge in [0, 0.05) is 0 Å². The third kappa shape index (κ3) is 5.43. The summed E-state index contributed by atoms with van der Waals surface area (Å²) >= 11 is 0. The molecule has 0 saturated carbocycles. The molecule has 0 aromatic heterocycles. The minimum atomic E-state index is -4.77. The molecule has 1 saturated heterocycles. The molecule has 2 aromatic rings. The van der Waals surface area contributed by atoms with Crippen LogP contribution < -0.4 is 15.8 Å². The van der Waals surface area contributed by atoms with Crippen LogP contribution in [0.4, 0.5) is 18.0 Å². The van der Waals surface area contributed by atoms with Crippen LogP contribution >= 0.6 is 0 Å². The van der Waals surface area contributed by atoms with Gasteiger partial charge in [-0.05, 0) is 47.9 Å². The largest absolute Gasteiger partial charge is 0.468 e. The number of nitrogens with two attached hydrogens (primary N) is 1. The van der Waals surface area contributed by atoms with Gasteiger partial charge in [-0.2, -0.15) is 13.2 Å². The van der Waals surface area contributed by atoms with Gasteiger partial charge in [-0.25, -0.2) is 4.79 Å². The van der Waals surface area contributed by atoms with E-state index in [0.29, 0.717) is 5.56 Å². The number of hydrogen-bond acceptors (Lipinski definition) is 7. The number of carbonyl (C=O) groups is 3. The van der Waals surface area contributed by atoms with Crippen molar-refractivity contribution >= 4 is 24.0 Å². The van der Waals surface area contributed by atoms with Crippen LogP contribution in [-0.4, -0.2) is 31.1 Å². The Morgan fingerprint density at radius 1 is 1.16 bits per heavy atom. The lowest BCUT2D eigenvalue weighted by Crippen LogP contribution is -2.33. The molecule has 1 aliphatic rings. The molecule has 0 aliphatic carbocycles. The van der Waals surface area contributed by atoms with Crippen LogP contribution in [-0.2, 0) is 31.7 Å². The first-order valence-electron chi connectivity index (χ1n) is 9.13. The summed E-state index contributed by atoms with van der Waals surface area (Å²) in [5, 5.41) is 1.81. The molecule has 32 heavy (non-hydrogen) atoms. The standard InChI is InChI=1S/C21H17F3N2O6/c1-30-19(28)16(25)8-11-2-5-13(6-3-11)31-14-7-4-12(15(10-14)21(22,23)24)9-17-18(27)26-20(29)32-17/h2-7,9-10,16H,8,25H2,1H3,(H,26,27,29)/b17-9+. The Balaban J connectivity index is 1.80. The maximum atomic E-state index is 13.5. The van der Waals surface area contributed by atoms with Gasteiger partial charge in [-0.15, -0.1) is 0 Å². The lowest BCUT2D eigenvalue weighted by molar-refractivity contribution is -0.142. The van der Waals surface area contributed by atoms with Crippen molar-refractivity contribution in [2.45, 2.75) is 18.6 Å². The maximum absolute atomic E-state index is 13.5. The van der Waals surface area contributed by atoms with E-state index in [1.807, 2.05) is 5.32 Å². The number of methoxy groups -OCH3 is 1. The first-order valence-corrected chi connectivity index (χ1v) is 9.13. The van der Waals surface area contributed by atoms with Crippen LogP contribution in [0.15, 0.2) is 48.2 Å². The molecule has 0 spiro atoms. The van der Waals surface area contributed by atoms with E-state index in [1.165, 1.54) is 25.3 Å². The van der Waals surface area contributed by atoms with E-state index in [4.69, 9.17) is 10.5 Å². The monoisotopic (exact) mass is 450 g/mol. The quantitative estimate of drug-likeness (QED) is 0.513. The van der Waals surface area contributed by atoms with Gasteiger partial charge in [-0.3, -0.25) is 14.9 Å². The molecule has 0 bridgehead atoms. The lowest BCUT2D eigenvalue weighted by Gasteiger charge is -2.14. The topological polar surface area (TPSA) is 117 Å². The Labute approximate surface area is 179 Å². The second-order valence-corrected chi connectivity index (χ2v) is 6.68. The van der Waals surface area contributed by atoms with Crippen molar-refractivity contribution in [1.29, 1.82) is 0 Å². The van der Waals surface area contributed by atoms with Crippen molar-refractivity contribution in [3.8, 4) is 11.5 Å². The number of alkyl halides is 3. The first-order chi connectivity index (χ1) is 15.1. The Bertz CT molecular complexity index is 1080. The molecule has 8 nitrogen and oxygen atoms in total. The summed E-state index contributed by atoms with van der Waals surface area (Å²) in [5.74, 6) is -1.90. The van der Waals surface area contributed by atoms with Crippen LogP contribution in [0.5, 0.6) is 11.5 Å². The number of nitrogens with one attached hydrogen (secondary N) is 1. The Kier molecular flexibility index (Phi) is 6.49. The Morgan fingerprint density at radius 2 is 1.81 bits per heavy atom. The molecular formula is C21H17F3N2O6. The summed E-state index contributed by atoms with van der Waals surface area (Å²) in [6.45, 7) is 0. The second kappa shape index (κ2) is 9.10. The highest BCUT2D eigenvalue weighted by Gasteiger charge is 2.35. The number of ether oxygens (including phenoxy) is 3. The van der Waals surface area contributed by atoms with E-state index in [0.717, 1.165) is 18.2 Å². The molecule has 2 amide bonds. The van der Waals surface area contributed by atoms with Gasteiger partial charge in [0.25, 0.3) is 5.91 Å². The van der Waals surface area contributed by atoms with Crippen molar-refractivity contribution in [3.05, 3.63) is 64.9 Å². The first kappa shape index (κ1) is 22.8. The second-order valence-electron chi connectivity index (χ2n) is 6.68. The fraction of sp³-hybridized carbons (Fsp3) is 0.190.